The fraction of sp³-hybridized carbons (Fsp3) is 0.409. The molecule has 0 aromatic heterocycles. The van der Waals surface area contributed by atoms with Gasteiger partial charge in [0.05, 0.1) is 0 Å². The number of carbonyl (C=O) groups is 1. The second kappa shape index (κ2) is 9.89. The average molecular weight is 418 g/mol. The Morgan fingerprint density at radius 2 is 1.62 bits per heavy atom. The van der Waals surface area contributed by atoms with E-state index in [2.05, 4.69) is 46.8 Å². The van der Waals surface area contributed by atoms with Gasteiger partial charge in [0.15, 0.2) is 0 Å². The minimum Gasteiger partial charge on any atom is -0.460 e. The summed E-state index contributed by atoms with van der Waals surface area (Å²) in [6.07, 6.45) is 1.92. The molecule has 26 heavy (non-hydrogen) atoms. The average Bonchev–Trinajstić information content (AvgIpc) is 2.95. The molecule has 1 atom stereocenters. The number of ether oxygens (including phenoxy) is 1. The van der Waals surface area contributed by atoms with Crippen LogP contribution in [-0.2, 0) is 21.5 Å². The number of benzene rings is 2. The van der Waals surface area contributed by atoms with Crippen molar-refractivity contribution in [2.45, 2.75) is 50.2 Å². The maximum absolute atomic E-state index is 12.1. The molecule has 1 fully saturated rings. The van der Waals surface area contributed by atoms with E-state index >= 15 is 0 Å². The molecule has 0 amide bonds. The van der Waals surface area contributed by atoms with Crippen LogP contribution in [0.1, 0.15) is 37.8 Å². The first-order chi connectivity index (χ1) is 12.4. The van der Waals surface area contributed by atoms with E-state index < -0.39 is 0 Å². The number of esters is 1. The van der Waals surface area contributed by atoms with E-state index in [4.69, 9.17) is 4.74 Å². The second-order valence-electron chi connectivity index (χ2n) is 7.19. The molecule has 0 spiro atoms. The molecule has 0 N–H and O–H groups in total. The van der Waals surface area contributed by atoms with Gasteiger partial charge in [-0.2, -0.15) is 0 Å². The molecule has 140 valence electrons. The Morgan fingerprint density at radius 1 is 1.08 bits per heavy atom. The summed E-state index contributed by atoms with van der Waals surface area (Å²) in [7, 11) is 2.00. The number of hydrogen-bond acceptors (Lipinski definition) is 3. The molecule has 1 aliphatic rings. The zero-order chi connectivity index (χ0) is 19.0. The first kappa shape index (κ1) is 20.7. The van der Waals surface area contributed by atoms with Gasteiger partial charge in [-0.15, -0.1) is 0 Å². The molecule has 4 heteroatoms. The summed E-state index contributed by atoms with van der Waals surface area (Å²) in [4.78, 5) is 14.2. The van der Waals surface area contributed by atoms with Crippen LogP contribution < -0.4 is 0 Å². The van der Waals surface area contributed by atoms with Crippen molar-refractivity contribution in [3.05, 3.63) is 71.8 Å². The van der Waals surface area contributed by atoms with E-state index in [0.29, 0.717) is 6.61 Å². The van der Waals surface area contributed by atoms with Crippen molar-refractivity contribution in [2.75, 3.05) is 7.05 Å². The molecule has 1 saturated heterocycles. The van der Waals surface area contributed by atoms with E-state index in [-0.39, 0.29) is 17.6 Å². The van der Waals surface area contributed by atoms with Crippen molar-refractivity contribution in [1.29, 1.82) is 0 Å². The van der Waals surface area contributed by atoms with Crippen LogP contribution in [0.15, 0.2) is 60.7 Å². The molecule has 0 saturated carbocycles. The monoisotopic (exact) mass is 417 g/mol. The smallest absolute Gasteiger partial charge is 0.323 e. The number of carbonyl (C=O) groups excluding carboxylic acids is 1. The Hall–Kier alpha value is -1.65. The van der Waals surface area contributed by atoms with Crippen LogP contribution in [0.5, 0.6) is 0 Å². The van der Waals surface area contributed by atoms with Gasteiger partial charge in [-0.3, -0.25) is 9.69 Å². The normalized spacial score (nSPS) is 18.7. The minimum absolute atomic E-state index is 0.0937. The van der Waals surface area contributed by atoms with Crippen molar-refractivity contribution in [2.24, 2.45) is 0 Å². The van der Waals surface area contributed by atoms with Crippen LogP contribution >= 0.6 is 15.9 Å². The number of likely N-dealkylation sites (N-methyl/N-ethyl adjacent to an activating group) is 1. The lowest BCUT2D eigenvalue weighted by atomic mass is 10.0. The van der Waals surface area contributed by atoms with E-state index in [1.165, 1.54) is 5.56 Å². The number of nitrogens with zero attached hydrogens (tertiary/aromatic N) is 1. The van der Waals surface area contributed by atoms with Gasteiger partial charge in [0.25, 0.3) is 0 Å². The Morgan fingerprint density at radius 3 is 2.04 bits per heavy atom. The van der Waals surface area contributed by atoms with Gasteiger partial charge >= 0.3 is 5.97 Å². The van der Waals surface area contributed by atoms with Crippen LogP contribution in [0.4, 0.5) is 0 Å². The van der Waals surface area contributed by atoms with Gasteiger partial charge < -0.3 is 4.74 Å². The van der Waals surface area contributed by atoms with Crippen LogP contribution in [0.3, 0.4) is 0 Å². The number of alkyl halides is 1. The molecule has 2 aromatic rings. The lowest BCUT2D eigenvalue weighted by Gasteiger charge is -2.30. The molecule has 2 aromatic carbocycles. The van der Waals surface area contributed by atoms with Gasteiger partial charge in [-0.1, -0.05) is 76.6 Å². The molecule has 3 rings (SSSR count). The summed E-state index contributed by atoms with van der Waals surface area (Å²) in [5, 5.41) is 0.952. The zero-order valence-electron chi connectivity index (χ0n) is 15.8. The van der Waals surface area contributed by atoms with Crippen LogP contribution in [-0.4, -0.2) is 29.5 Å². The highest BCUT2D eigenvalue weighted by atomic mass is 79.9. The summed E-state index contributed by atoms with van der Waals surface area (Å²) in [5.41, 5.74) is 2.45. The van der Waals surface area contributed by atoms with Gasteiger partial charge in [0.1, 0.15) is 12.6 Å². The first-order valence-corrected chi connectivity index (χ1v) is 10.1. The third-order valence-electron chi connectivity index (χ3n) is 4.95. The highest BCUT2D eigenvalue weighted by Gasteiger charge is 2.41. The summed E-state index contributed by atoms with van der Waals surface area (Å²) < 4.78 is 5.40. The highest BCUT2D eigenvalue weighted by molar-refractivity contribution is 9.08. The molecule has 1 aliphatic heterocycles. The Balaban J connectivity index is 0.000000254. The van der Waals surface area contributed by atoms with Crippen molar-refractivity contribution < 1.29 is 9.53 Å². The van der Waals surface area contributed by atoms with Crippen molar-refractivity contribution in [1.82, 2.24) is 4.90 Å². The fourth-order valence-corrected chi connectivity index (χ4v) is 3.32. The molecule has 0 bridgehead atoms. The summed E-state index contributed by atoms with van der Waals surface area (Å²) >= 11 is 3.36. The molecule has 0 radical (unpaired) electrons. The maximum atomic E-state index is 12.1. The van der Waals surface area contributed by atoms with Gasteiger partial charge in [-0.05, 0) is 44.9 Å². The van der Waals surface area contributed by atoms with Crippen molar-refractivity contribution in [3.8, 4) is 0 Å². The van der Waals surface area contributed by atoms with E-state index in [1.54, 1.807) is 0 Å². The minimum atomic E-state index is -0.105. The fourth-order valence-electron chi connectivity index (χ4n) is 2.95. The Kier molecular flexibility index (Phi) is 7.85. The van der Waals surface area contributed by atoms with E-state index in [1.807, 2.05) is 55.6 Å². The van der Waals surface area contributed by atoms with E-state index in [9.17, 15) is 4.79 Å². The van der Waals surface area contributed by atoms with Gasteiger partial charge in [0, 0.05) is 10.9 Å². The molecular formula is C22H28BrNO2. The van der Waals surface area contributed by atoms with Crippen LogP contribution in [0.2, 0.25) is 0 Å². The molecule has 1 heterocycles. The van der Waals surface area contributed by atoms with Crippen molar-refractivity contribution in [3.63, 3.8) is 0 Å². The SMILES string of the molecule is BrCc1ccccc1.CN1[C@H](C(=O)OCc2ccccc2)CCC1(C)C. The summed E-state index contributed by atoms with van der Waals surface area (Å²) in [6.45, 7) is 4.69. The number of hydrogen-bond donors (Lipinski definition) is 0. The molecule has 3 nitrogen and oxygen atoms in total. The summed E-state index contributed by atoms with van der Waals surface area (Å²) in [6, 6.07) is 20.0. The third kappa shape index (κ3) is 5.96. The third-order valence-corrected chi connectivity index (χ3v) is 5.59. The zero-order valence-corrected chi connectivity index (χ0v) is 17.4. The molecule has 0 aliphatic carbocycles. The highest BCUT2D eigenvalue weighted by Crippen LogP contribution is 2.32. The lowest BCUT2D eigenvalue weighted by molar-refractivity contribution is -0.150. The predicted molar refractivity (Wildman–Crippen MR) is 110 cm³/mol. The summed E-state index contributed by atoms with van der Waals surface area (Å²) in [5.74, 6) is -0.105. The van der Waals surface area contributed by atoms with Gasteiger partial charge in [0.2, 0.25) is 0 Å². The standard InChI is InChI=1S/C15H21NO2.C7H7Br/c1-15(2)10-9-13(16(15)3)14(17)18-11-12-7-5-4-6-8-12;8-6-7-4-2-1-3-5-7/h4-8,13H,9-11H2,1-3H3;1-5H,6H2/t13-;/m0./s1. The van der Waals surface area contributed by atoms with Crippen LogP contribution in [0.25, 0.3) is 0 Å². The lowest BCUT2D eigenvalue weighted by Crippen LogP contribution is -2.43. The maximum Gasteiger partial charge on any atom is 0.323 e. The first-order valence-electron chi connectivity index (χ1n) is 8.97. The van der Waals surface area contributed by atoms with Crippen molar-refractivity contribution >= 4 is 21.9 Å². The quantitative estimate of drug-likeness (QED) is 0.506. The predicted octanol–water partition coefficient (Wildman–Crippen LogP) is 5.18. The number of halogens is 1. The van der Waals surface area contributed by atoms with Gasteiger partial charge in [-0.25, -0.2) is 0 Å². The second-order valence-corrected chi connectivity index (χ2v) is 7.75. The Bertz CT molecular complexity index is 673. The molecular weight excluding hydrogens is 390 g/mol. The number of likely N-dealkylation sites (tertiary alicyclic amines) is 1. The Labute approximate surface area is 165 Å². The topological polar surface area (TPSA) is 29.5 Å². The van der Waals surface area contributed by atoms with E-state index in [0.717, 1.165) is 23.7 Å². The largest absolute Gasteiger partial charge is 0.460 e. The molecule has 0 unspecified atom stereocenters. The van der Waals surface area contributed by atoms with Crippen LogP contribution in [0, 0.1) is 0 Å². The number of rotatable bonds is 4.